The fourth-order valence-corrected chi connectivity index (χ4v) is 2.80. The lowest BCUT2D eigenvalue weighted by atomic mass is 10.2. The Kier molecular flexibility index (Phi) is 7.04. The first-order valence-corrected chi connectivity index (χ1v) is 9.48. The molecule has 144 valence electrons. The molecule has 4 nitrogen and oxygen atoms in total. The van der Waals surface area contributed by atoms with Crippen molar-refractivity contribution < 1.29 is 9.47 Å². The molecule has 7 heteroatoms. The van der Waals surface area contributed by atoms with E-state index in [1.807, 2.05) is 42.5 Å². The number of hydrogen-bond acceptors (Lipinski definition) is 4. The molecule has 0 saturated heterocycles. The molecule has 3 rings (SSSR count). The SMILES string of the molecule is COc1cc(/C=N/Nc2ccc(Cl)c(Cl)c2)ccc1OCc1ccc(Cl)cc1. The fourth-order valence-electron chi connectivity index (χ4n) is 2.37. The average Bonchev–Trinajstić information content (AvgIpc) is 2.70. The number of benzene rings is 3. The van der Waals surface area contributed by atoms with Gasteiger partial charge in [-0.2, -0.15) is 5.10 Å². The molecule has 0 unspecified atom stereocenters. The molecule has 0 aromatic heterocycles. The average molecular weight is 436 g/mol. The van der Waals surface area contributed by atoms with Crippen molar-refractivity contribution in [1.29, 1.82) is 0 Å². The number of nitrogens with one attached hydrogen (secondary N) is 1. The van der Waals surface area contributed by atoms with E-state index in [1.165, 1.54) is 0 Å². The summed E-state index contributed by atoms with van der Waals surface area (Å²) in [5.74, 6) is 1.26. The first-order chi connectivity index (χ1) is 13.5. The molecule has 0 aliphatic heterocycles. The highest BCUT2D eigenvalue weighted by Crippen LogP contribution is 2.29. The molecule has 0 spiro atoms. The Morgan fingerprint density at radius 2 is 1.68 bits per heavy atom. The van der Waals surface area contributed by atoms with Gasteiger partial charge in [-0.15, -0.1) is 0 Å². The number of nitrogens with zero attached hydrogens (tertiary/aromatic N) is 1. The van der Waals surface area contributed by atoms with E-state index in [2.05, 4.69) is 10.5 Å². The molecule has 0 aliphatic carbocycles. The van der Waals surface area contributed by atoms with Crippen molar-refractivity contribution in [1.82, 2.24) is 0 Å². The Morgan fingerprint density at radius 3 is 2.39 bits per heavy atom. The van der Waals surface area contributed by atoms with Crippen molar-refractivity contribution in [2.45, 2.75) is 6.61 Å². The van der Waals surface area contributed by atoms with Crippen LogP contribution in [-0.4, -0.2) is 13.3 Å². The molecule has 1 N–H and O–H groups in total. The largest absolute Gasteiger partial charge is 0.493 e. The summed E-state index contributed by atoms with van der Waals surface area (Å²) in [5, 5.41) is 5.86. The van der Waals surface area contributed by atoms with Crippen LogP contribution >= 0.6 is 34.8 Å². The molecule has 3 aromatic carbocycles. The summed E-state index contributed by atoms with van der Waals surface area (Å²) in [6.45, 7) is 0.417. The van der Waals surface area contributed by atoms with Gasteiger partial charge in [0.2, 0.25) is 0 Å². The fraction of sp³-hybridized carbons (Fsp3) is 0.0952. The molecule has 0 fully saturated rings. The van der Waals surface area contributed by atoms with Gasteiger partial charge in [0.05, 0.1) is 29.1 Å². The molecule has 0 heterocycles. The quantitative estimate of drug-likeness (QED) is 0.332. The minimum atomic E-state index is 0.417. The van der Waals surface area contributed by atoms with Crippen LogP contribution < -0.4 is 14.9 Å². The first kappa shape index (κ1) is 20.3. The Hall–Kier alpha value is -2.40. The van der Waals surface area contributed by atoms with Gasteiger partial charge in [-0.3, -0.25) is 5.43 Å². The number of ether oxygens (including phenoxy) is 2. The van der Waals surface area contributed by atoms with Gasteiger partial charge in [0.15, 0.2) is 11.5 Å². The van der Waals surface area contributed by atoms with Crippen LogP contribution in [0.3, 0.4) is 0 Å². The normalized spacial score (nSPS) is 10.9. The van der Waals surface area contributed by atoms with Crippen LogP contribution in [0.5, 0.6) is 11.5 Å². The molecule has 0 saturated carbocycles. The molecule has 0 radical (unpaired) electrons. The van der Waals surface area contributed by atoms with Crippen LogP contribution in [0.15, 0.2) is 65.8 Å². The predicted molar refractivity (Wildman–Crippen MR) is 116 cm³/mol. The van der Waals surface area contributed by atoms with Crippen molar-refractivity contribution in [3.05, 3.63) is 86.9 Å². The van der Waals surface area contributed by atoms with E-state index >= 15 is 0 Å². The topological polar surface area (TPSA) is 42.8 Å². The lowest BCUT2D eigenvalue weighted by Gasteiger charge is -2.11. The van der Waals surface area contributed by atoms with Gasteiger partial charge >= 0.3 is 0 Å². The standard InChI is InChI=1S/C21H17Cl3N2O2/c1-27-21-10-15(12-25-26-17-7-8-18(23)19(24)11-17)4-9-20(21)28-13-14-2-5-16(22)6-3-14/h2-12,26H,13H2,1H3/b25-12+. The highest BCUT2D eigenvalue weighted by Gasteiger charge is 2.06. The maximum atomic E-state index is 5.99. The summed E-state index contributed by atoms with van der Waals surface area (Å²) in [7, 11) is 1.60. The molecule has 3 aromatic rings. The smallest absolute Gasteiger partial charge is 0.161 e. The Morgan fingerprint density at radius 1 is 0.893 bits per heavy atom. The summed E-state index contributed by atoms with van der Waals surface area (Å²) in [6.07, 6.45) is 1.67. The minimum Gasteiger partial charge on any atom is -0.493 e. The second-order valence-electron chi connectivity index (χ2n) is 5.82. The highest BCUT2D eigenvalue weighted by molar-refractivity contribution is 6.42. The number of rotatable bonds is 7. The lowest BCUT2D eigenvalue weighted by molar-refractivity contribution is 0.284. The van der Waals surface area contributed by atoms with E-state index in [4.69, 9.17) is 44.3 Å². The van der Waals surface area contributed by atoms with Crippen LogP contribution in [0.25, 0.3) is 0 Å². The summed E-state index contributed by atoms with van der Waals surface area (Å²) < 4.78 is 11.3. The van der Waals surface area contributed by atoms with E-state index in [0.717, 1.165) is 16.8 Å². The maximum Gasteiger partial charge on any atom is 0.161 e. The Labute approximate surface area is 178 Å². The molecule has 0 aliphatic rings. The zero-order chi connectivity index (χ0) is 19.9. The molecule has 0 amide bonds. The van der Waals surface area contributed by atoms with Gasteiger partial charge in [-0.25, -0.2) is 0 Å². The zero-order valence-electron chi connectivity index (χ0n) is 15.0. The third kappa shape index (κ3) is 5.55. The van der Waals surface area contributed by atoms with Crippen molar-refractivity contribution in [3.8, 4) is 11.5 Å². The molecule has 0 atom stereocenters. The van der Waals surface area contributed by atoms with Gasteiger partial charge in [0, 0.05) is 5.02 Å². The van der Waals surface area contributed by atoms with E-state index < -0.39 is 0 Å². The van der Waals surface area contributed by atoms with Crippen molar-refractivity contribution in [3.63, 3.8) is 0 Å². The third-order valence-electron chi connectivity index (χ3n) is 3.82. The van der Waals surface area contributed by atoms with E-state index in [1.54, 1.807) is 31.5 Å². The predicted octanol–water partition coefficient (Wildman–Crippen LogP) is 6.68. The van der Waals surface area contributed by atoms with E-state index in [9.17, 15) is 0 Å². The molecule has 0 bridgehead atoms. The minimum absolute atomic E-state index is 0.417. The zero-order valence-corrected chi connectivity index (χ0v) is 17.2. The second kappa shape index (κ2) is 9.69. The van der Waals surface area contributed by atoms with Crippen molar-refractivity contribution in [2.75, 3.05) is 12.5 Å². The summed E-state index contributed by atoms with van der Waals surface area (Å²) in [4.78, 5) is 0. The molecule has 28 heavy (non-hydrogen) atoms. The van der Waals surface area contributed by atoms with Crippen LogP contribution in [0.1, 0.15) is 11.1 Å². The van der Waals surface area contributed by atoms with Crippen LogP contribution in [0, 0.1) is 0 Å². The monoisotopic (exact) mass is 434 g/mol. The van der Waals surface area contributed by atoms with Gasteiger partial charge in [-0.1, -0.05) is 46.9 Å². The summed E-state index contributed by atoms with van der Waals surface area (Å²) in [6, 6.07) is 18.3. The van der Waals surface area contributed by atoms with Crippen LogP contribution in [-0.2, 0) is 6.61 Å². The number of anilines is 1. The number of methoxy groups -OCH3 is 1. The maximum absolute atomic E-state index is 5.99. The van der Waals surface area contributed by atoms with Crippen molar-refractivity contribution >= 4 is 46.7 Å². The number of hydrogen-bond donors (Lipinski definition) is 1. The third-order valence-corrected chi connectivity index (χ3v) is 4.81. The lowest BCUT2D eigenvalue weighted by Crippen LogP contribution is -1.98. The summed E-state index contributed by atoms with van der Waals surface area (Å²) >= 11 is 17.8. The van der Waals surface area contributed by atoms with Gasteiger partial charge in [0.1, 0.15) is 6.61 Å². The van der Waals surface area contributed by atoms with E-state index in [-0.39, 0.29) is 0 Å². The first-order valence-electron chi connectivity index (χ1n) is 8.34. The highest BCUT2D eigenvalue weighted by atomic mass is 35.5. The number of hydrazone groups is 1. The van der Waals surface area contributed by atoms with Crippen LogP contribution in [0.4, 0.5) is 5.69 Å². The van der Waals surface area contributed by atoms with Gasteiger partial charge in [-0.05, 0) is 59.7 Å². The summed E-state index contributed by atoms with van der Waals surface area (Å²) in [5.41, 5.74) is 5.51. The van der Waals surface area contributed by atoms with E-state index in [0.29, 0.717) is 33.2 Å². The van der Waals surface area contributed by atoms with Gasteiger partial charge in [0.25, 0.3) is 0 Å². The Bertz CT molecular complexity index is 976. The van der Waals surface area contributed by atoms with Crippen LogP contribution in [0.2, 0.25) is 15.1 Å². The second-order valence-corrected chi connectivity index (χ2v) is 7.08. The number of halogens is 3. The Balaban J connectivity index is 1.64. The molecular weight excluding hydrogens is 419 g/mol. The molecular formula is C21H17Cl3N2O2. The van der Waals surface area contributed by atoms with Crippen molar-refractivity contribution in [2.24, 2.45) is 5.10 Å². The van der Waals surface area contributed by atoms with Gasteiger partial charge < -0.3 is 9.47 Å².